The predicted molar refractivity (Wildman–Crippen MR) is 101 cm³/mol. The van der Waals surface area contributed by atoms with E-state index in [4.69, 9.17) is 10.5 Å². The van der Waals surface area contributed by atoms with Crippen LogP contribution in [0.15, 0.2) is 30.3 Å². The quantitative estimate of drug-likeness (QED) is 0.747. The van der Waals surface area contributed by atoms with E-state index in [1.165, 1.54) is 31.4 Å². The number of hydrogen-bond donors (Lipinski definition) is 1. The van der Waals surface area contributed by atoms with Gasteiger partial charge in [0.25, 0.3) is 5.91 Å². The molecule has 1 amide bonds. The Kier molecular flexibility index (Phi) is 3.56. The van der Waals surface area contributed by atoms with E-state index in [9.17, 15) is 13.6 Å². The summed E-state index contributed by atoms with van der Waals surface area (Å²) in [6.45, 7) is 0.347. The number of methoxy groups -OCH3 is 1. The minimum absolute atomic E-state index is 0.0319. The van der Waals surface area contributed by atoms with Crippen LogP contribution in [0.1, 0.15) is 28.9 Å². The molecule has 7 heteroatoms. The average Bonchev–Trinajstić information content (AvgIpc) is 3.46. The highest BCUT2D eigenvalue weighted by atomic mass is 19.1. The Hall–Kier alpha value is -3.22. The molecule has 0 saturated heterocycles. The van der Waals surface area contributed by atoms with Gasteiger partial charge < -0.3 is 15.4 Å². The van der Waals surface area contributed by atoms with Crippen LogP contribution in [-0.2, 0) is 6.54 Å². The number of carbonyl (C=O) groups is 1. The SMILES string of the molecule is COc1ccc(-c2c(F)ccc3c(N)c4c(nc23)CN(C2CC2)C4=O)c(F)c1. The number of nitrogens with two attached hydrogens (primary N) is 1. The Bertz CT molecular complexity index is 1160. The predicted octanol–water partition coefficient (Wildman–Crippen LogP) is 3.89. The molecule has 1 fully saturated rings. The first kappa shape index (κ1) is 16.9. The minimum Gasteiger partial charge on any atom is -0.497 e. The second-order valence-corrected chi connectivity index (χ2v) is 7.18. The maximum Gasteiger partial charge on any atom is 0.258 e. The molecule has 3 aromatic rings. The average molecular weight is 381 g/mol. The Labute approximate surface area is 159 Å². The normalized spacial score (nSPS) is 16.0. The fourth-order valence-corrected chi connectivity index (χ4v) is 3.87. The lowest BCUT2D eigenvalue weighted by Gasteiger charge is -2.13. The highest BCUT2D eigenvalue weighted by Gasteiger charge is 2.40. The van der Waals surface area contributed by atoms with Crippen molar-refractivity contribution in [2.45, 2.75) is 25.4 Å². The molecule has 0 atom stereocenters. The highest BCUT2D eigenvalue weighted by molar-refractivity contribution is 6.11. The second kappa shape index (κ2) is 5.89. The highest BCUT2D eigenvalue weighted by Crippen LogP contribution is 2.41. The molecule has 142 valence electrons. The van der Waals surface area contributed by atoms with Gasteiger partial charge in [0.2, 0.25) is 0 Å². The summed E-state index contributed by atoms with van der Waals surface area (Å²) in [6.07, 6.45) is 1.94. The minimum atomic E-state index is -0.623. The topological polar surface area (TPSA) is 68.5 Å². The summed E-state index contributed by atoms with van der Waals surface area (Å²) in [6, 6.07) is 7.15. The van der Waals surface area contributed by atoms with Gasteiger partial charge >= 0.3 is 0 Å². The zero-order valence-corrected chi connectivity index (χ0v) is 15.1. The Morgan fingerprint density at radius 3 is 2.61 bits per heavy atom. The number of anilines is 1. The summed E-state index contributed by atoms with van der Waals surface area (Å²) < 4.78 is 34.5. The fraction of sp³-hybridized carbons (Fsp3) is 0.238. The molecule has 0 bridgehead atoms. The third-order valence-corrected chi connectivity index (χ3v) is 5.45. The molecule has 1 aliphatic heterocycles. The number of pyridine rings is 1. The van der Waals surface area contributed by atoms with E-state index in [2.05, 4.69) is 4.98 Å². The lowest BCUT2D eigenvalue weighted by molar-refractivity contribution is 0.0767. The molecular formula is C21H17F2N3O2. The largest absolute Gasteiger partial charge is 0.497 e. The fourth-order valence-electron chi connectivity index (χ4n) is 3.87. The number of amides is 1. The smallest absolute Gasteiger partial charge is 0.258 e. The zero-order valence-electron chi connectivity index (χ0n) is 15.1. The van der Waals surface area contributed by atoms with Crippen LogP contribution >= 0.6 is 0 Å². The van der Waals surface area contributed by atoms with Crippen molar-refractivity contribution in [2.75, 3.05) is 12.8 Å². The number of benzene rings is 2. The van der Waals surface area contributed by atoms with Gasteiger partial charge in [0, 0.05) is 28.6 Å². The molecule has 2 N–H and O–H groups in total. The van der Waals surface area contributed by atoms with Crippen LogP contribution in [0, 0.1) is 11.6 Å². The van der Waals surface area contributed by atoms with Crippen LogP contribution in [0.4, 0.5) is 14.5 Å². The monoisotopic (exact) mass is 381 g/mol. The van der Waals surface area contributed by atoms with Gasteiger partial charge in [0.1, 0.15) is 17.4 Å². The molecule has 1 saturated carbocycles. The Morgan fingerprint density at radius 2 is 1.93 bits per heavy atom. The van der Waals surface area contributed by atoms with Crippen LogP contribution in [0.2, 0.25) is 0 Å². The molecular weight excluding hydrogens is 364 g/mol. The van der Waals surface area contributed by atoms with Gasteiger partial charge in [-0.25, -0.2) is 13.8 Å². The number of ether oxygens (including phenoxy) is 1. The van der Waals surface area contributed by atoms with Crippen molar-refractivity contribution in [2.24, 2.45) is 0 Å². The van der Waals surface area contributed by atoms with Gasteiger partial charge in [-0.15, -0.1) is 0 Å². The molecule has 1 aromatic heterocycles. The summed E-state index contributed by atoms with van der Waals surface area (Å²) in [7, 11) is 1.43. The first-order valence-corrected chi connectivity index (χ1v) is 9.05. The molecule has 0 spiro atoms. The van der Waals surface area contributed by atoms with Crippen LogP contribution in [-0.4, -0.2) is 28.9 Å². The molecule has 5 rings (SSSR count). The van der Waals surface area contributed by atoms with Gasteiger partial charge in [-0.1, -0.05) is 0 Å². The van der Waals surface area contributed by atoms with E-state index in [1.807, 2.05) is 0 Å². The number of rotatable bonds is 3. The van der Waals surface area contributed by atoms with Crippen molar-refractivity contribution >= 4 is 22.5 Å². The van der Waals surface area contributed by atoms with E-state index < -0.39 is 11.6 Å². The van der Waals surface area contributed by atoms with Crippen molar-refractivity contribution < 1.29 is 18.3 Å². The maximum atomic E-state index is 14.8. The van der Waals surface area contributed by atoms with Crippen LogP contribution in [0.25, 0.3) is 22.0 Å². The molecule has 2 aliphatic rings. The van der Waals surface area contributed by atoms with Crippen molar-refractivity contribution in [3.05, 3.63) is 53.2 Å². The van der Waals surface area contributed by atoms with Gasteiger partial charge in [-0.2, -0.15) is 0 Å². The van der Waals surface area contributed by atoms with Gasteiger partial charge in [0.05, 0.1) is 36.1 Å². The van der Waals surface area contributed by atoms with Gasteiger partial charge in [-0.05, 0) is 37.1 Å². The summed E-state index contributed by atoms with van der Waals surface area (Å²) >= 11 is 0. The molecule has 5 nitrogen and oxygen atoms in total. The molecule has 2 aromatic carbocycles. The number of aromatic nitrogens is 1. The van der Waals surface area contributed by atoms with E-state index in [1.54, 1.807) is 11.0 Å². The number of halogens is 2. The number of nitrogen functional groups attached to an aromatic ring is 1. The van der Waals surface area contributed by atoms with E-state index >= 15 is 0 Å². The number of carbonyl (C=O) groups excluding carboxylic acids is 1. The van der Waals surface area contributed by atoms with E-state index in [-0.39, 0.29) is 34.3 Å². The van der Waals surface area contributed by atoms with Crippen molar-refractivity contribution in [1.82, 2.24) is 9.88 Å². The van der Waals surface area contributed by atoms with Gasteiger partial charge in [0.15, 0.2) is 0 Å². The summed E-state index contributed by atoms with van der Waals surface area (Å²) in [5.41, 5.74) is 7.82. The third-order valence-electron chi connectivity index (χ3n) is 5.45. The summed E-state index contributed by atoms with van der Waals surface area (Å²) in [4.78, 5) is 19.1. The first-order chi connectivity index (χ1) is 13.5. The number of hydrogen-bond acceptors (Lipinski definition) is 4. The first-order valence-electron chi connectivity index (χ1n) is 9.05. The molecule has 0 radical (unpaired) electrons. The van der Waals surface area contributed by atoms with Crippen molar-refractivity contribution in [1.29, 1.82) is 0 Å². The summed E-state index contributed by atoms with van der Waals surface area (Å²) in [5, 5.41) is 0.441. The van der Waals surface area contributed by atoms with Crippen LogP contribution < -0.4 is 10.5 Å². The maximum absolute atomic E-state index is 14.8. The molecule has 1 aliphatic carbocycles. The zero-order chi connectivity index (χ0) is 19.6. The van der Waals surface area contributed by atoms with Crippen molar-refractivity contribution in [3.63, 3.8) is 0 Å². The van der Waals surface area contributed by atoms with Crippen LogP contribution in [0.5, 0.6) is 5.75 Å². The van der Waals surface area contributed by atoms with Gasteiger partial charge in [-0.3, -0.25) is 4.79 Å². The van der Waals surface area contributed by atoms with E-state index in [0.717, 1.165) is 12.8 Å². The van der Waals surface area contributed by atoms with E-state index in [0.29, 0.717) is 28.9 Å². The molecule has 2 heterocycles. The standard InChI is InChI=1S/C21H17F2N3O2/c1-28-11-4-5-12(15(23)8-11)17-14(22)7-6-13-19(24)18-16(25-20(13)17)9-26(21(18)27)10-2-3-10/h4-8,10H,2-3,9H2,1H3,(H2,24,25). The second-order valence-electron chi connectivity index (χ2n) is 7.18. The van der Waals surface area contributed by atoms with Crippen molar-refractivity contribution in [3.8, 4) is 16.9 Å². The molecule has 0 unspecified atom stereocenters. The van der Waals surface area contributed by atoms with Crippen LogP contribution in [0.3, 0.4) is 0 Å². The lowest BCUT2D eigenvalue weighted by Crippen LogP contribution is -2.26. The number of nitrogens with zero attached hydrogens (tertiary/aromatic N) is 2. The Morgan fingerprint density at radius 1 is 1.14 bits per heavy atom. The lowest BCUT2D eigenvalue weighted by atomic mass is 9.98. The number of fused-ring (bicyclic) bond motifs is 2. The Balaban J connectivity index is 1.76. The summed E-state index contributed by atoms with van der Waals surface area (Å²) in [5.74, 6) is -1.03. The molecule has 28 heavy (non-hydrogen) atoms. The third kappa shape index (κ3) is 2.35.